The molecule has 0 fully saturated rings. The molecule has 0 N–H and O–H groups in total. The third-order valence-electron chi connectivity index (χ3n) is 3.08. The van der Waals surface area contributed by atoms with Gasteiger partial charge in [0, 0.05) is 20.1 Å². The van der Waals surface area contributed by atoms with Gasteiger partial charge >= 0.3 is 0 Å². The lowest BCUT2D eigenvalue weighted by atomic mass is 10.3. The maximum Gasteiger partial charge on any atom is 0.177 e. The molecule has 2 aromatic heterocycles. The van der Waals surface area contributed by atoms with Crippen LogP contribution in [0.25, 0.3) is 11.0 Å². The Morgan fingerprint density at radius 1 is 1.29 bits per heavy atom. The summed E-state index contributed by atoms with van der Waals surface area (Å²) < 4.78 is 12.6. The van der Waals surface area contributed by atoms with E-state index in [0.29, 0.717) is 6.61 Å². The molecular weight excluding hydrogens is 304 g/mol. The minimum atomic E-state index is 0.657. The van der Waals surface area contributed by atoms with Gasteiger partial charge in [-0.3, -0.25) is 0 Å². The zero-order chi connectivity index (χ0) is 14.7. The number of imidazole rings is 1. The van der Waals surface area contributed by atoms with E-state index in [1.54, 1.807) is 18.9 Å². The standard InChI is InChI=1S/C14H16N4OS2/c1-3-12-16-14(21-17-12)20-13-15-10-6-4-5-7-11(10)18(13)8-9-19-2/h4-7H,3,8-9H2,1-2H3. The van der Waals surface area contributed by atoms with Crippen LogP contribution >= 0.6 is 23.3 Å². The second-order valence-corrected chi connectivity index (χ2v) is 6.43. The van der Waals surface area contributed by atoms with Gasteiger partial charge in [0.2, 0.25) is 0 Å². The number of hydrogen-bond donors (Lipinski definition) is 0. The first-order valence-electron chi connectivity index (χ1n) is 6.76. The first-order chi connectivity index (χ1) is 10.3. The lowest BCUT2D eigenvalue weighted by Gasteiger charge is -2.06. The first-order valence-corrected chi connectivity index (χ1v) is 8.35. The maximum atomic E-state index is 5.21. The largest absolute Gasteiger partial charge is 0.383 e. The number of nitrogens with zero attached hydrogens (tertiary/aromatic N) is 4. The van der Waals surface area contributed by atoms with Gasteiger partial charge in [-0.25, -0.2) is 9.97 Å². The maximum absolute atomic E-state index is 5.21. The average Bonchev–Trinajstić information content (AvgIpc) is 3.09. The second-order valence-electron chi connectivity index (χ2n) is 4.46. The van der Waals surface area contributed by atoms with Crippen molar-refractivity contribution >= 4 is 34.3 Å². The van der Waals surface area contributed by atoms with Crippen LogP contribution in [0, 0.1) is 0 Å². The minimum absolute atomic E-state index is 0.657. The Morgan fingerprint density at radius 3 is 2.90 bits per heavy atom. The molecule has 0 saturated carbocycles. The van der Waals surface area contributed by atoms with Crippen LogP contribution in [0.4, 0.5) is 0 Å². The molecule has 110 valence electrons. The molecule has 0 atom stereocenters. The molecule has 0 aliphatic carbocycles. The number of hydrogen-bond acceptors (Lipinski definition) is 6. The van der Waals surface area contributed by atoms with E-state index in [4.69, 9.17) is 9.72 Å². The Balaban J connectivity index is 1.95. The number of fused-ring (bicyclic) bond motifs is 1. The monoisotopic (exact) mass is 320 g/mol. The Labute approximate surface area is 131 Å². The van der Waals surface area contributed by atoms with E-state index < -0.39 is 0 Å². The zero-order valence-corrected chi connectivity index (χ0v) is 13.6. The topological polar surface area (TPSA) is 52.8 Å². The Morgan fingerprint density at radius 2 is 2.14 bits per heavy atom. The first kappa shape index (κ1) is 14.5. The van der Waals surface area contributed by atoms with Crippen LogP contribution in [0.3, 0.4) is 0 Å². The summed E-state index contributed by atoms with van der Waals surface area (Å²) in [6, 6.07) is 8.15. The summed E-state index contributed by atoms with van der Waals surface area (Å²) in [6.07, 6.45) is 0.858. The number of rotatable bonds is 6. The van der Waals surface area contributed by atoms with E-state index in [9.17, 15) is 0 Å². The van der Waals surface area contributed by atoms with E-state index in [2.05, 4.69) is 26.9 Å². The highest BCUT2D eigenvalue weighted by molar-refractivity contribution is 8.00. The molecule has 3 rings (SSSR count). The summed E-state index contributed by atoms with van der Waals surface area (Å²) in [5.74, 6) is 0.891. The predicted octanol–water partition coefficient (Wildman–Crippen LogP) is 3.25. The third-order valence-corrected chi connectivity index (χ3v) is 4.87. The molecule has 0 aliphatic heterocycles. The highest BCUT2D eigenvalue weighted by Crippen LogP contribution is 2.31. The lowest BCUT2D eigenvalue weighted by Crippen LogP contribution is -2.05. The van der Waals surface area contributed by atoms with Crippen molar-refractivity contribution in [2.75, 3.05) is 13.7 Å². The zero-order valence-electron chi connectivity index (χ0n) is 11.9. The molecule has 0 amide bonds. The van der Waals surface area contributed by atoms with Gasteiger partial charge in [0.15, 0.2) is 9.50 Å². The van der Waals surface area contributed by atoms with Crippen molar-refractivity contribution in [1.82, 2.24) is 18.9 Å². The molecule has 0 radical (unpaired) electrons. The summed E-state index contributed by atoms with van der Waals surface area (Å²) in [5, 5.41) is 0.937. The highest BCUT2D eigenvalue weighted by Gasteiger charge is 2.14. The summed E-state index contributed by atoms with van der Waals surface area (Å²) >= 11 is 3.00. The summed E-state index contributed by atoms with van der Waals surface area (Å²) in [7, 11) is 1.71. The molecule has 1 aromatic carbocycles. The number of aryl methyl sites for hydroxylation is 1. The molecule has 7 heteroatoms. The predicted molar refractivity (Wildman–Crippen MR) is 85.0 cm³/mol. The van der Waals surface area contributed by atoms with E-state index in [1.807, 2.05) is 18.2 Å². The van der Waals surface area contributed by atoms with E-state index in [1.165, 1.54) is 11.5 Å². The molecule has 21 heavy (non-hydrogen) atoms. The van der Waals surface area contributed by atoms with Gasteiger partial charge in [0.05, 0.1) is 17.6 Å². The summed E-state index contributed by atoms with van der Waals surface area (Å²) in [4.78, 5) is 9.21. The third kappa shape index (κ3) is 3.09. The lowest BCUT2D eigenvalue weighted by molar-refractivity contribution is 0.186. The van der Waals surface area contributed by atoms with Crippen molar-refractivity contribution in [2.45, 2.75) is 29.4 Å². The van der Waals surface area contributed by atoms with Crippen molar-refractivity contribution in [1.29, 1.82) is 0 Å². The van der Waals surface area contributed by atoms with Gasteiger partial charge in [0.1, 0.15) is 5.82 Å². The Kier molecular flexibility index (Phi) is 4.52. The van der Waals surface area contributed by atoms with Crippen LogP contribution in [-0.2, 0) is 17.7 Å². The summed E-state index contributed by atoms with van der Waals surface area (Å²) in [6.45, 7) is 3.49. The van der Waals surface area contributed by atoms with Crippen molar-refractivity contribution in [3.05, 3.63) is 30.1 Å². The van der Waals surface area contributed by atoms with Crippen molar-refractivity contribution in [3.8, 4) is 0 Å². The minimum Gasteiger partial charge on any atom is -0.383 e. The van der Waals surface area contributed by atoms with E-state index in [0.717, 1.165) is 39.3 Å². The normalized spacial score (nSPS) is 11.3. The number of ether oxygens (including phenoxy) is 1. The van der Waals surface area contributed by atoms with Gasteiger partial charge in [-0.2, -0.15) is 4.37 Å². The fraction of sp³-hybridized carbons (Fsp3) is 0.357. The molecular formula is C14H16N4OS2. The fourth-order valence-electron chi connectivity index (χ4n) is 2.03. The Bertz CT molecular complexity index is 737. The molecule has 5 nitrogen and oxygen atoms in total. The van der Waals surface area contributed by atoms with Crippen LogP contribution in [0.1, 0.15) is 12.7 Å². The number of benzene rings is 1. The molecule has 3 aromatic rings. The van der Waals surface area contributed by atoms with E-state index >= 15 is 0 Å². The smallest absolute Gasteiger partial charge is 0.177 e. The van der Waals surface area contributed by atoms with Gasteiger partial charge in [-0.05, 0) is 35.4 Å². The van der Waals surface area contributed by atoms with Gasteiger partial charge in [-0.15, -0.1) is 0 Å². The van der Waals surface area contributed by atoms with Crippen LogP contribution in [0.2, 0.25) is 0 Å². The summed E-state index contributed by atoms with van der Waals surface area (Å²) in [5.41, 5.74) is 2.12. The van der Waals surface area contributed by atoms with Crippen molar-refractivity contribution < 1.29 is 4.74 Å². The highest BCUT2D eigenvalue weighted by atomic mass is 32.2. The van der Waals surface area contributed by atoms with Crippen LogP contribution < -0.4 is 0 Å². The van der Waals surface area contributed by atoms with E-state index in [-0.39, 0.29) is 0 Å². The molecule has 0 saturated heterocycles. The van der Waals surface area contributed by atoms with Gasteiger partial charge < -0.3 is 9.30 Å². The number of aromatic nitrogens is 4. The number of methoxy groups -OCH3 is 1. The van der Waals surface area contributed by atoms with Crippen molar-refractivity contribution in [2.24, 2.45) is 0 Å². The molecule has 0 spiro atoms. The van der Waals surface area contributed by atoms with Crippen LogP contribution in [0.5, 0.6) is 0 Å². The van der Waals surface area contributed by atoms with Gasteiger partial charge in [0.25, 0.3) is 0 Å². The average molecular weight is 320 g/mol. The second kappa shape index (κ2) is 6.55. The molecule has 2 heterocycles. The van der Waals surface area contributed by atoms with Crippen LogP contribution in [0.15, 0.2) is 33.8 Å². The fourth-order valence-corrected chi connectivity index (χ4v) is 3.77. The van der Waals surface area contributed by atoms with Gasteiger partial charge in [-0.1, -0.05) is 19.1 Å². The Hall–Kier alpha value is -1.44. The molecule has 0 bridgehead atoms. The SMILES string of the molecule is CCc1nsc(Sc2nc3ccccc3n2CCOC)n1. The number of para-hydroxylation sites is 2. The van der Waals surface area contributed by atoms with Crippen LogP contribution in [-0.4, -0.2) is 32.6 Å². The molecule has 0 unspecified atom stereocenters. The van der Waals surface area contributed by atoms with Crippen molar-refractivity contribution in [3.63, 3.8) is 0 Å². The molecule has 0 aliphatic rings. The quantitative estimate of drug-likeness (QED) is 0.698.